The van der Waals surface area contributed by atoms with Crippen molar-refractivity contribution in [2.75, 3.05) is 0 Å². The summed E-state index contributed by atoms with van der Waals surface area (Å²) in [6.07, 6.45) is 4.60. The topological polar surface area (TPSA) is 34.9 Å². The molecular formula is C20H17FN2O. The van der Waals surface area contributed by atoms with Crippen LogP contribution >= 0.6 is 0 Å². The summed E-state index contributed by atoms with van der Waals surface area (Å²) < 4.78 is 15.0. The first kappa shape index (κ1) is 14.8. The third kappa shape index (κ3) is 2.64. The van der Waals surface area contributed by atoms with E-state index in [4.69, 9.17) is 0 Å². The van der Waals surface area contributed by atoms with E-state index in [1.165, 1.54) is 12.1 Å². The molecule has 3 nitrogen and oxygen atoms in total. The highest BCUT2D eigenvalue weighted by molar-refractivity contribution is 5.82. The van der Waals surface area contributed by atoms with E-state index < -0.39 is 0 Å². The average molecular weight is 320 g/mol. The van der Waals surface area contributed by atoms with Gasteiger partial charge in [-0.1, -0.05) is 37.3 Å². The van der Waals surface area contributed by atoms with Crippen LogP contribution in [0.4, 0.5) is 4.39 Å². The normalized spacial score (nSPS) is 16.8. The third-order valence-corrected chi connectivity index (χ3v) is 4.40. The Hall–Kier alpha value is -2.75. The van der Waals surface area contributed by atoms with Gasteiger partial charge in [-0.05, 0) is 41.3 Å². The van der Waals surface area contributed by atoms with Crippen molar-refractivity contribution in [3.05, 3.63) is 75.6 Å². The van der Waals surface area contributed by atoms with Crippen LogP contribution in [-0.2, 0) is 13.0 Å². The second-order valence-electron chi connectivity index (χ2n) is 6.42. The SMILES string of the molecule is CC1Cc2nc3cc(/C=C/c4cccc(F)c4)ccc3c(=O)n2C1. The molecule has 120 valence electrons. The van der Waals surface area contributed by atoms with E-state index in [0.717, 1.165) is 35.4 Å². The molecule has 4 rings (SSSR count). The molecule has 0 saturated carbocycles. The van der Waals surface area contributed by atoms with Crippen molar-refractivity contribution in [1.29, 1.82) is 0 Å². The molecule has 0 bridgehead atoms. The predicted octanol–water partition coefficient (Wildman–Crippen LogP) is 3.90. The van der Waals surface area contributed by atoms with Gasteiger partial charge in [0.25, 0.3) is 5.56 Å². The number of fused-ring (bicyclic) bond motifs is 2. The van der Waals surface area contributed by atoms with E-state index >= 15 is 0 Å². The molecular weight excluding hydrogens is 303 g/mol. The molecule has 4 heteroatoms. The van der Waals surface area contributed by atoms with E-state index in [1.807, 2.05) is 36.4 Å². The van der Waals surface area contributed by atoms with Crippen molar-refractivity contribution in [1.82, 2.24) is 9.55 Å². The van der Waals surface area contributed by atoms with E-state index in [1.54, 1.807) is 10.6 Å². The number of rotatable bonds is 2. The molecule has 0 aliphatic carbocycles. The summed E-state index contributed by atoms with van der Waals surface area (Å²) in [7, 11) is 0. The van der Waals surface area contributed by atoms with Crippen LogP contribution in [0.1, 0.15) is 23.9 Å². The van der Waals surface area contributed by atoms with E-state index in [0.29, 0.717) is 11.3 Å². The fourth-order valence-electron chi connectivity index (χ4n) is 3.22. The maximum absolute atomic E-state index is 13.2. The Balaban J connectivity index is 1.74. The maximum atomic E-state index is 13.2. The highest BCUT2D eigenvalue weighted by Crippen LogP contribution is 2.20. The standard InChI is InChI=1S/C20H17FN2O/c1-13-9-19-22-18-11-15(6-5-14-3-2-4-16(21)10-14)7-8-17(18)20(24)23(19)12-13/h2-8,10-11,13H,9,12H2,1H3/b6-5+. The first-order chi connectivity index (χ1) is 11.6. The summed E-state index contributed by atoms with van der Waals surface area (Å²) in [6, 6.07) is 12.1. The van der Waals surface area contributed by atoms with Crippen molar-refractivity contribution in [3.8, 4) is 0 Å². The van der Waals surface area contributed by atoms with Gasteiger partial charge in [-0.2, -0.15) is 0 Å². The molecule has 1 atom stereocenters. The summed E-state index contributed by atoms with van der Waals surface area (Å²) in [5.74, 6) is 1.07. The zero-order valence-electron chi connectivity index (χ0n) is 13.4. The minimum Gasteiger partial charge on any atom is -0.296 e. The van der Waals surface area contributed by atoms with Crippen LogP contribution in [0, 0.1) is 11.7 Å². The van der Waals surface area contributed by atoms with Crippen molar-refractivity contribution in [2.45, 2.75) is 19.9 Å². The van der Waals surface area contributed by atoms with Gasteiger partial charge < -0.3 is 0 Å². The molecule has 0 spiro atoms. The van der Waals surface area contributed by atoms with E-state index in [2.05, 4.69) is 11.9 Å². The average Bonchev–Trinajstić information content (AvgIpc) is 2.93. The third-order valence-electron chi connectivity index (χ3n) is 4.40. The predicted molar refractivity (Wildman–Crippen MR) is 94.2 cm³/mol. The van der Waals surface area contributed by atoms with Crippen molar-refractivity contribution in [2.24, 2.45) is 5.92 Å². The smallest absolute Gasteiger partial charge is 0.261 e. The lowest BCUT2D eigenvalue weighted by Gasteiger charge is -2.05. The molecule has 0 N–H and O–H groups in total. The lowest BCUT2D eigenvalue weighted by atomic mass is 10.1. The fraction of sp³-hybridized carbons (Fsp3) is 0.200. The van der Waals surface area contributed by atoms with Crippen LogP contribution < -0.4 is 5.56 Å². The number of benzene rings is 2. The zero-order chi connectivity index (χ0) is 16.7. The van der Waals surface area contributed by atoms with Crippen molar-refractivity contribution in [3.63, 3.8) is 0 Å². The van der Waals surface area contributed by atoms with Gasteiger partial charge in [0.2, 0.25) is 0 Å². The van der Waals surface area contributed by atoms with Gasteiger partial charge >= 0.3 is 0 Å². The highest BCUT2D eigenvalue weighted by atomic mass is 19.1. The zero-order valence-corrected chi connectivity index (χ0v) is 13.4. The summed E-state index contributed by atoms with van der Waals surface area (Å²) in [5.41, 5.74) is 2.50. The second kappa shape index (κ2) is 5.71. The van der Waals surface area contributed by atoms with Gasteiger partial charge in [-0.15, -0.1) is 0 Å². The molecule has 0 amide bonds. The Bertz CT molecular complexity index is 1020. The summed E-state index contributed by atoms with van der Waals surface area (Å²) in [4.78, 5) is 17.2. The van der Waals surface area contributed by atoms with Gasteiger partial charge in [-0.25, -0.2) is 9.37 Å². The molecule has 0 radical (unpaired) electrons. The molecule has 1 unspecified atom stereocenters. The van der Waals surface area contributed by atoms with Gasteiger partial charge in [0.15, 0.2) is 0 Å². The number of aromatic nitrogens is 2. The summed E-state index contributed by atoms with van der Waals surface area (Å²) in [6.45, 7) is 2.88. The van der Waals surface area contributed by atoms with Crippen molar-refractivity contribution >= 4 is 23.1 Å². The van der Waals surface area contributed by atoms with Gasteiger partial charge in [0.05, 0.1) is 10.9 Å². The second-order valence-corrected chi connectivity index (χ2v) is 6.42. The molecule has 1 aromatic heterocycles. The molecule has 1 aliphatic heterocycles. The lowest BCUT2D eigenvalue weighted by Crippen LogP contribution is -2.21. The molecule has 3 aromatic rings. The monoisotopic (exact) mass is 320 g/mol. The first-order valence-electron chi connectivity index (χ1n) is 8.07. The lowest BCUT2D eigenvalue weighted by molar-refractivity contribution is 0.558. The van der Waals surface area contributed by atoms with Crippen LogP contribution in [0.15, 0.2) is 47.3 Å². The fourth-order valence-corrected chi connectivity index (χ4v) is 3.22. The highest BCUT2D eigenvalue weighted by Gasteiger charge is 2.21. The summed E-state index contributed by atoms with van der Waals surface area (Å²) in [5, 5.41) is 0.649. The number of hydrogen-bond acceptors (Lipinski definition) is 2. The summed E-state index contributed by atoms with van der Waals surface area (Å²) >= 11 is 0. The molecule has 2 heterocycles. The van der Waals surface area contributed by atoms with Crippen LogP contribution in [0.2, 0.25) is 0 Å². The number of halogens is 1. The Morgan fingerprint density at radius 1 is 1.17 bits per heavy atom. The Morgan fingerprint density at radius 2 is 1.96 bits per heavy atom. The molecule has 1 aliphatic rings. The number of hydrogen-bond donors (Lipinski definition) is 0. The minimum atomic E-state index is -0.255. The molecule has 0 fully saturated rings. The maximum Gasteiger partial charge on any atom is 0.261 e. The van der Waals surface area contributed by atoms with Crippen LogP contribution in [0.5, 0.6) is 0 Å². The van der Waals surface area contributed by atoms with Gasteiger partial charge in [0, 0.05) is 13.0 Å². The minimum absolute atomic E-state index is 0.0417. The van der Waals surface area contributed by atoms with E-state index in [9.17, 15) is 9.18 Å². The Labute approximate surface area is 139 Å². The van der Waals surface area contributed by atoms with Crippen molar-refractivity contribution < 1.29 is 4.39 Å². The van der Waals surface area contributed by atoms with Gasteiger partial charge in [-0.3, -0.25) is 9.36 Å². The Kier molecular flexibility index (Phi) is 3.53. The Morgan fingerprint density at radius 3 is 2.75 bits per heavy atom. The van der Waals surface area contributed by atoms with Crippen LogP contribution in [0.3, 0.4) is 0 Å². The quantitative estimate of drug-likeness (QED) is 0.671. The van der Waals surface area contributed by atoms with Gasteiger partial charge in [0.1, 0.15) is 11.6 Å². The molecule has 2 aromatic carbocycles. The molecule has 0 saturated heterocycles. The first-order valence-corrected chi connectivity index (χ1v) is 8.07. The van der Waals surface area contributed by atoms with Crippen LogP contribution in [0.25, 0.3) is 23.1 Å². The molecule has 24 heavy (non-hydrogen) atoms. The number of nitrogens with zero attached hydrogens (tertiary/aromatic N) is 2. The largest absolute Gasteiger partial charge is 0.296 e. The van der Waals surface area contributed by atoms with E-state index in [-0.39, 0.29) is 11.4 Å². The van der Waals surface area contributed by atoms with Crippen LogP contribution in [-0.4, -0.2) is 9.55 Å².